The fourth-order valence-electron chi connectivity index (χ4n) is 3.13. The molecule has 0 aromatic rings. The normalized spacial score (nSPS) is 29.8. The number of carbonyl (C=O) groups is 1. The zero-order valence-corrected chi connectivity index (χ0v) is 12.5. The van der Waals surface area contributed by atoms with Gasteiger partial charge in [-0.15, -0.1) is 0 Å². The number of nitrogens with zero attached hydrogens (tertiary/aromatic N) is 1. The van der Waals surface area contributed by atoms with E-state index in [0.717, 1.165) is 13.1 Å². The molecule has 18 heavy (non-hydrogen) atoms. The van der Waals surface area contributed by atoms with E-state index in [1.165, 1.54) is 37.9 Å². The molecule has 1 aliphatic carbocycles. The van der Waals surface area contributed by atoms with Crippen LogP contribution in [0.5, 0.6) is 0 Å². The minimum atomic E-state index is -0.00819. The summed E-state index contributed by atoms with van der Waals surface area (Å²) in [6.07, 6.45) is 6.20. The van der Waals surface area contributed by atoms with Crippen molar-refractivity contribution >= 4 is 17.7 Å². The standard InChI is InChI=1S/C14H26N2OS/c1-3-18-13-8-6-7-12(13)15-11(2)14(17)16-9-4-5-10-16/h11-13,15H,3-10H2,1-2H3. The van der Waals surface area contributed by atoms with E-state index >= 15 is 0 Å². The van der Waals surface area contributed by atoms with Gasteiger partial charge >= 0.3 is 0 Å². The van der Waals surface area contributed by atoms with Gasteiger partial charge < -0.3 is 10.2 Å². The fraction of sp³-hybridized carbons (Fsp3) is 0.929. The largest absolute Gasteiger partial charge is 0.341 e. The summed E-state index contributed by atoms with van der Waals surface area (Å²) in [6, 6.07) is 0.530. The number of hydrogen-bond acceptors (Lipinski definition) is 3. The first-order valence-corrected chi connectivity index (χ1v) is 8.43. The van der Waals surface area contributed by atoms with E-state index in [1.807, 2.05) is 23.6 Å². The summed E-state index contributed by atoms with van der Waals surface area (Å²) in [7, 11) is 0. The second-order valence-corrected chi connectivity index (χ2v) is 6.97. The Morgan fingerprint density at radius 3 is 2.72 bits per heavy atom. The summed E-state index contributed by atoms with van der Waals surface area (Å²) in [5, 5.41) is 4.29. The monoisotopic (exact) mass is 270 g/mol. The van der Waals surface area contributed by atoms with Gasteiger partial charge in [0.15, 0.2) is 0 Å². The molecule has 2 rings (SSSR count). The van der Waals surface area contributed by atoms with Gasteiger partial charge in [-0.2, -0.15) is 11.8 Å². The Hall–Kier alpha value is -0.220. The van der Waals surface area contributed by atoms with Crippen LogP contribution in [-0.4, -0.2) is 47.0 Å². The van der Waals surface area contributed by atoms with Crippen LogP contribution in [0.25, 0.3) is 0 Å². The topological polar surface area (TPSA) is 32.3 Å². The molecular formula is C14H26N2OS. The Morgan fingerprint density at radius 1 is 1.33 bits per heavy atom. The highest BCUT2D eigenvalue weighted by Gasteiger charge is 2.31. The molecule has 0 spiro atoms. The fourth-order valence-corrected chi connectivity index (χ4v) is 4.34. The van der Waals surface area contributed by atoms with Gasteiger partial charge in [0.1, 0.15) is 0 Å². The second kappa shape index (κ2) is 6.80. The molecule has 3 atom stereocenters. The SMILES string of the molecule is CCSC1CCCC1NC(C)C(=O)N1CCCC1. The molecule has 1 heterocycles. The number of amides is 1. The Kier molecular flexibility index (Phi) is 5.37. The predicted octanol–water partition coefficient (Wildman–Crippen LogP) is 2.26. The van der Waals surface area contributed by atoms with Crippen LogP contribution in [0.2, 0.25) is 0 Å². The van der Waals surface area contributed by atoms with E-state index in [2.05, 4.69) is 12.2 Å². The van der Waals surface area contributed by atoms with Crippen molar-refractivity contribution in [1.82, 2.24) is 10.2 Å². The van der Waals surface area contributed by atoms with Crippen LogP contribution >= 0.6 is 11.8 Å². The molecule has 0 bridgehead atoms. The van der Waals surface area contributed by atoms with Gasteiger partial charge in [-0.1, -0.05) is 13.3 Å². The molecule has 1 N–H and O–H groups in total. The predicted molar refractivity (Wildman–Crippen MR) is 78.0 cm³/mol. The molecule has 4 heteroatoms. The molecule has 0 radical (unpaired) electrons. The zero-order chi connectivity index (χ0) is 13.0. The van der Waals surface area contributed by atoms with E-state index in [9.17, 15) is 4.79 Å². The summed E-state index contributed by atoms with van der Waals surface area (Å²) < 4.78 is 0. The van der Waals surface area contributed by atoms with Crippen LogP contribution < -0.4 is 5.32 Å². The van der Waals surface area contributed by atoms with Gasteiger partial charge in [-0.05, 0) is 38.4 Å². The summed E-state index contributed by atoms with van der Waals surface area (Å²) in [5.41, 5.74) is 0. The number of likely N-dealkylation sites (tertiary alicyclic amines) is 1. The Morgan fingerprint density at radius 2 is 2.06 bits per heavy atom. The van der Waals surface area contributed by atoms with Gasteiger partial charge in [0, 0.05) is 24.4 Å². The van der Waals surface area contributed by atoms with Crippen molar-refractivity contribution in [2.75, 3.05) is 18.8 Å². The molecular weight excluding hydrogens is 244 g/mol. The quantitative estimate of drug-likeness (QED) is 0.832. The average molecular weight is 270 g/mol. The minimum absolute atomic E-state index is 0.00819. The molecule has 0 aromatic heterocycles. The highest BCUT2D eigenvalue weighted by Crippen LogP contribution is 2.30. The highest BCUT2D eigenvalue weighted by molar-refractivity contribution is 7.99. The van der Waals surface area contributed by atoms with E-state index < -0.39 is 0 Å². The van der Waals surface area contributed by atoms with Crippen LogP contribution in [0, 0.1) is 0 Å². The first kappa shape index (κ1) is 14.2. The van der Waals surface area contributed by atoms with E-state index in [1.54, 1.807) is 0 Å². The lowest BCUT2D eigenvalue weighted by molar-refractivity contribution is -0.132. The lowest BCUT2D eigenvalue weighted by Crippen LogP contribution is -2.49. The number of thioether (sulfide) groups is 1. The van der Waals surface area contributed by atoms with Crippen molar-refractivity contribution in [3.8, 4) is 0 Å². The Bertz CT molecular complexity index is 279. The van der Waals surface area contributed by atoms with Crippen molar-refractivity contribution < 1.29 is 4.79 Å². The van der Waals surface area contributed by atoms with Crippen LogP contribution in [0.15, 0.2) is 0 Å². The van der Waals surface area contributed by atoms with Crippen molar-refractivity contribution in [2.24, 2.45) is 0 Å². The molecule has 3 nitrogen and oxygen atoms in total. The molecule has 0 aromatic carbocycles. The van der Waals surface area contributed by atoms with E-state index in [0.29, 0.717) is 17.2 Å². The number of hydrogen-bond donors (Lipinski definition) is 1. The third-order valence-corrected chi connectivity index (χ3v) is 5.41. The van der Waals surface area contributed by atoms with Gasteiger partial charge in [0.05, 0.1) is 6.04 Å². The molecule has 1 saturated carbocycles. The molecule has 2 aliphatic rings. The van der Waals surface area contributed by atoms with Crippen molar-refractivity contribution in [1.29, 1.82) is 0 Å². The van der Waals surface area contributed by atoms with Crippen LogP contribution in [-0.2, 0) is 4.79 Å². The smallest absolute Gasteiger partial charge is 0.239 e. The summed E-state index contributed by atoms with van der Waals surface area (Å²) in [4.78, 5) is 14.3. The third kappa shape index (κ3) is 3.41. The molecule has 1 saturated heterocycles. The molecule has 2 fully saturated rings. The second-order valence-electron chi connectivity index (χ2n) is 5.45. The van der Waals surface area contributed by atoms with Crippen LogP contribution in [0.3, 0.4) is 0 Å². The van der Waals surface area contributed by atoms with Gasteiger partial charge in [0.25, 0.3) is 0 Å². The molecule has 104 valence electrons. The van der Waals surface area contributed by atoms with Crippen LogP contribution in [0.1, 0.15) is 46.0 Å². The molecule has 1 amide bonds. The lowest BCUT2D eigenvalue weighted by atomic mass is 10.2. The average Bonchev–Trinajstić information content (AvgIpc) is 3.00. The number of nitrogens with one attached hydrogen (secondary N) is 1. The summed E-state index contributed by atoms with van der Waals surface area (Å²) in [5.74, 6) is 1.48. The summed E-state index contributed by atoms with van der Waals surface area (Å²) >= 11 is 2.05. The maximum absolute atomic E-state index is 12.3. The Balaban J connectivity index is 1.82. The van der Waals surface area contributed by atoms with Crippen molar-refractivity contribution in [3.63, 3.8) is 0 Å². The molecule has 1 aliphatic heterocycles. The first-order valence-electron chi connectivity index (χ1n) is 7.38. The van der Waals surface area contributed by atoms with Crippen molar-refractivity contribution in [2.45, 2.75) is 63.3 Å². The number of rotatable bonds is 5. The lowest BCUT2D eigenvalue weighted by Gasteiger charge is -2.27. The maximum atomic E-state index is 12.3. The van der Waals surface area contributed by atoms with Gasteiger partial charge in [0.2, 0.25) is 5.91 Å². The maximum Gasteiger partial charge on any atom is 0.239 e. The third-order valence-electron chi connectivity index (χ3n) is 4.09. The first-order chi connectivity index (χ1) is 8.72. The van der Waals surface area contributed by atoms with E-state index in [4.69, 9.17) is 0 Å². The summed E-state index contributed by atoms with van der Waals surface area (Å²) in [6.45, 7) is 6.18. The van der Waals surface area contributed by atoms with Crippen LogP contribution in [0.4, 0.5) is 0 Å². The Labute approximate surface area is 115 Å². The number of carbonyl (C=O) groups excluding carboxylic acids is 1. The molecule has 3 unspecified atom stereocenters. The zero-order valence-electron chi connectivity index (χ0n) is 11.7. The van der Waals surface area contributed by atoms with Crippen molar-refractivity contribution in [3.05, 3.63) is 0 Å². The van der Waals surface area contributed by atoms with Gasteiger partial charge in [-0.3, -0.25) is 4.79 Å². The minimum Gasteiger partial charge on any atom is -0.341 e. The van der Waals surface area contributed by atoms with Gasteiger partial charge in [-0.25, -0.2) is 0 Å². The van der Waals surface area contributed by atoms with E-state index in [-0.39, 0.29) is 6.04 Å². The highest BCUT2D eigenvalue weighted by atomic mass is 32.2.